The number of rotatable bonds is 3. The first-order chi connectivity index (χ1) is 11.8. The highest BCUT2D eigenvalue weighted by atomic mass is 19.2. The summed E-state index contributed by atoms with van der Waals surface area (Å²) < 4.78 is 27.8. The van der Waals surface area contributed by atoms with Crippen molar-refractivity contribution in [2.45, 2.75) is 0 Å². The van der Waals surface area contributed by atoms with Crippen LogP contribution in [0.5, 0.6) is 0 Å². The van der Waals surface area contributed by atoms with Crippen LogP contribution in [0, 0.1) is 0 Å². The second kappa shape index (κ2) is 5.93. The Kier molecular flexibility index (Phi) is 3.61. The lowest BCUT2D eigenvalue weighted by molar-refractivity contribution is 0.657. The van der Waals surface area contributed by atoms with E-state index >= 15 is 0 Å². The molecule has 0 N–H and O–H groups in total. The third-order valence-electron chi connectivity index (χ3n) is 4.08. The van der Waals surface area contributed by atoms with Crippen molar-refractivity contribution in [3.05, 3.63) is 79.0 Å². The minimum Gasteiger partial charge on any atom is -0.325 e. The highest BCUT2D eigenvalue weighted by Gasteiger charge is 2.29. The van der Waals surface area contributed by atoms with E-state index in [1.807, 2.05) is 36.4 Å². The van der Waals surface area contributed by atoms with Crippen LogP contribution < -0.4 is 4.81 Å². The number of hydrogen-bond acceptors (Lipinski definition) is 2. The third-order valence-corrected chi connectivity index (χ3v) is 4.08. The van der Waals surface area contributed by atoms with Crippen LogP contribution in [0.3, 0.4) is 0 Å². The van der Waals surface area contributed by atoms with Gasteiger partial charge in [-0.15, -0.1) is 0 Å². The molecule has 0 aliphatic rings. The normalized spacial score (nSPS) is 10.9. The monoisotopic (exact) mass is 318 g/mol. The summed E-state index contributed by atoms with van der Waals surface area (Å²) in [6.07, 6.45) is 1.69. The first kappa shape index (κ1) is 14.6. The molecule has 0 unspecified atom stereocenters. The molecule has 0 spiro atoms. The van der Waals surface area contributed by atoms with Crippen molar-refractivity contribution < 1.29 is 8.63 Å². The van der Waals surface area contributed by atoms with Crippen molar-refractivity contribution in [1.82, 2.24) is 4.98 Å². The number of nitrogens with zero attached hydrogens (tertiary/aromatic N) is 2. The van der Waals surface area contributed by atoms with Crippen molar-refractivity contribution in [2.75, 3.05) is 4.81 Å². The highest BCUT2D eigenvalue weighted by Crippen LogP contribution is 2.37. The van der Waals surface area contributed by atoms with Crippen molar-refractivity contribution >= 4 is 40.5 Å². The van der Waals surface area contributed by atoms with E-state index in [-0.39, 0.29) is 0 Å². The molecule has 0 aliphatic heterocycles. The van der Waals surface area contributed by atoms with Crippen LogP contribution in [0.25, 0.3) is 21.7 Å². The number of halogens is 2. The molecule has 0 aliphatic carbocycles. The summed E-state index contributed by atoms with van der Waals surface area (Å²) in [5, 5.41) is 2.56. The van der Waals surface area contributed by atoms with Gasteiger partial charge in [-0.2, -0.15) is 0 Å². The number of fused-ring (bicyclic) bond motifs is 3. The zero-order valence-electron chi connectivity index (χ0n) is 12.7. The largest absolute Gasteiger partial charge is 0.678 e. The Morgan fingerprint density at radius 1 is 0.750 bits per heavy atom. The molecule has 24 heavy (non-hydrogen) atoms. The van der Waals surface area contributed by atoms with E-state index in [2.05, 4.69) is 4.98 Å². The van der Waals surface area contributed by atoms with Crippen LogP contribution in [0.4, 0.5) is 20.0 Å². The molecule has 116 valence electrons. The number of para-hydroxylation sites is 1. The molecule has 1 aromatic heterocycles. The molecule has 2 nitrogen and oxygen atoms in total. The van der Waals surface area contributed by atoms with Gasteiger partial charge in [0.15, 0.2) is 0 Å². The standard InChI is InChI=1S/C19H13BF2N2/c21-20(22)24(16-8-2-1-3-9-16)17-10-4-6-14-11-12-15-7-5-13-23-19(15)18(14)17/h1-13H. The van der Waals surface area contributed by atoms with Gasteiger partial charge in [-0.3, -0.25) is 13.6 Å². The number of benzene rings is 3. The fraction of sp³-hybridized carbons (Fsp3) is 0. The zero-order chi connectivity index (χ0) is 16.5. The van der Waals surface area contributed by atoms with Gasteiger partial charge in [0.2, 0.25) is 0 Å². The van der Waals surface area contributed by atoms with E-state index in [4.69, 9.17) is 0 Å². The maximum absolute atomic E-state index is 13.9. The smallest absolute Gasteiger partial charge is 0.325 e. The van der Waals surface area contributed by atoms with Gasteiger partial charge in [0.25, 0.3) is 0 Å². The summed E-state index contributed by atoms with van der Waals surface area (Å²) in [6.45, 7) is 0. The predicted octanol–water partition coefficient (Wildman–Crippen LogP) is 5.45. The highest BCUT2D eigenvalue weighted by molar-refractivity contribution is 6.51. The summed E-state index contributed by atoms with van der Waals surface area (Å²) in [4.78, 5) is 5.49. The quantitative estimate of drug-likeness (QED) is 0.369. The van der Waals surface area contributed by atoms with Gasteiger partial charge in [0, 0.05) is 28.3 Å². The van der Waals surface area contributed by atoms with E-state index in [0.29, 0.717) is 11.4 Å². The molecule has 0 saturated carbocycles. The average Bonchev–Trinajstić information content (AvgIpc) is 2.62. The fourth-order valence-corrected chi connectivity index (χ4v) is 3.04. The van der Waals surface area contributed by atoms with E-state index in [1.165, 1.54) is 0 Å². The number of anilines is 2. The lowest BCUT2D eigenvalue weighted by atomic mass is 9.99. The van der Waals surface area contributed by atoms with E-state index < -0.39 is 7.40 Å². The van der Waals surface area contributed by atoms with Gasteiger partial charge < -0.3 is 4.81 Å². The van der Waals surface area contributed by atoms with Crippen LogP contribution in [0.15, 0.2) is 79.0 Å². The van der Waals surface area contributed by atoms with Crippen LogP contribution in [0.2, 0.25) is 0 Å². The average molecular weight is 318 g/mol. The molecular weight excluding hydrogens is 305 g/mol. The number of hydrogen-bond donors (Lipinski definition) is 0. The molecule has 0 saturated heterocycles. The Morgan fingerprint density at radius 2 is 1.50 bits per heavy atom. The molecule has 0 radical (unpaired) electrons. The van der Waals surface area contributed by atoms with Crippen molar-refractivity contribution in [3.8, 4) is 0 Å². The van der Waals surface area contributed by atoms with Crippen molar-refractivity contribution in [3.63, 3.8) is 0 Å². The summed E-state index contributed by atoms with van der Waals surface area (Å²) in [7, 11) is -2.66. The minimum absolute atomic E-state index is 0.452. The van der Waals surface area contributed by atoms with Crippen LogP contribution in [0.1, 0.15) is 0 Å². The van der Waals surface area contributed by atoms with Gasteiger partial charge in [-0.1, -0.05) is 48.5 Å². The second-order valence-corrected chi connectivity index (χ2v) is 5.50. The Balaban J connectivity index is 2.06. The SMILES string of the molecule is FB(F)N(c1ccccc1)c1cccc2ccc3cccnc3c12. The van der Waals surface area contributed by atoms with E-state index in [9.17, 15) is 8.63 Å². The third kappa shape index (κ3) is 2.38. The molecule has 1 heterocycles. The lowest BCUT2D eigenvalue weighted by Gasteiger charge is -2.24. The first-order valence-corrected chi connectivity index (χ1v) is 7.64. The first-order valence-electron chi connectivity index (χ1n) is 7.64. The Morgan fingerprint density at radius 3 is 2.29 bits per heavy atom. The molecule has 4 rings (SSSR count). The Bertz CT molecular complexity index is 1010. The predicted molar refractivity (Wildman–Crippen MR) is 95.8 cm³/mol. The second-order valence-electron chi connectivity index (χ2n) is 5.50. The molecule has 3 aromatic carbocycles. The van der Waals surface area contributed by atoms with Gasteiger partial charge in [0.05, 0.1) is 5.52 Å². The van der Waals surface area contributed by atoms with E-state index in [1.54, 1.807) is 42.6 Å². The number of pyridine rings is 1. The van der Waals surface area contributed by atoms with Crippen LogP contribution in [-0.4, -0.2) is 12.4 Å². The maximum Gasteiger partial charge on any atom is 0.678 e. The molecule has 0 atom stereocenters. The molecule has 5 heteroatoms. The van der Waals surface area contributed by atoms with Crippen LogP contribution in [-0.2, 0) is 0 Å². The fourth-order valence-electron chi connectivity index (χ4n) is 3.04. The van der Waals surface area contributed by atoms with Crippen molar-refractivity contribution in [2.24, 2.45) is 0 Å². The van der Waals surface area contributed by atoms with Gasteiger partial charge >= 0.3 is 7.40 Å². The Hall–Kier alpha value is -2.95. The maximum atomic E-state index is 13.9. The van der Waals surface area contributed by atoms with Gasteiger partial charge in [-0.25, -0.2) is 0 Å². The van der Waals surface area contributed by atoms with Gasteiger partial charge in [0.1, 0.15) is 0 Å². The molecule has 0 amide bonds. The van der Waals surface area contributed by atoms with Crippen LogP contribution >= 0.6 is 0 Å². The van der Waals surface area contributed by atoms with Gasteiger partial charge in [-0.05, 0) is 29.7 Å². The molecular formula is C19H13BF2N2. The summed E-state index contributed by atoms with van der Waals surface area (Å²) in [5.41, 5.74) is 1.64. The molecule has 0 fully saturated rings. The lowest BCUT2D eigenvalue weighted by Crippen LogP contribution is -2.28. The summed E-state index contributed by atoms with van der Waals surface area (Å²) in [6, 6.07) is 21.8. The topological polar surface area (TPSA) is 16.1 Å². The zero-order valence-corrected chi connectivity index (χ0v) is 12.7. The number of aromatic nitrogens is 1. The Labute approximate surface area is 138 Å². The molecule has 4 aromatic rings. The minimum atomic E-state index is -2.66. The summed E-state index contributed by atoms with van der Waals surface area (Å²) in [5.74, 6) is 0. The van der Waals surface area contributed by atoms with Crippen molar-refractivity contribution in [1.29, 1.82) is 0 Å². The van der Waals surface area contributed by atoms with E-state index in [0.717, 1.165) is 26.5 Å². The molecule has 0 bridgehead atoms. The summed E-state index contributed by atoms with van der Waals surface area (Å²) >= 11 is 0.